The molecule has 0 spiro atoms. The molecule has 1 atom stereocenters. The molecule has 0 aromatic heterocycles. The summed E-state index contributed by atoms with van der Waals surface area (Å²) in [6.45, 7) is 5.01. The molecule has 15 heavy (non-hydrogen) atoms. The number of hydrogen-bond donors (Lipinski definition) is 1. The number of methoxy groups -OCH3 is 1. The fraction of sp³-hybridized carbons (Fsp3) is 0.909. The predicted octanol–water partition coefficient (Wildman–Crippen LogP) is 1.36. The van der Waals surface area contributed by atoms with E-state index in [1.165, 1.54) is 7.11 Å². The summed E-state index contributed by atoms with van der Waals surface area (Å²) in [4.78, 5) is 11.9. The van der Waals surface area contributed by atoms with E-state index >= 15 is 0 Å². The van der Waals surface area contributed by atoms with Gasteiger partial charge in [-0.25, -0.2) is 4.48 Å². The number of quaternary nitrogens is 1. The van der Waals surface area contributed by atoms with Crippen molar-refractivity contribution in [3.05, 3.63) is 0 Å². The van der Waals surface area contributed by atoms with Gasteiger partial charge in [0.1, 0.15) is 6.04 Å². The molecule has 4 heteroatoms. The van der Waals surface area contributed by atoms with Crippen LogP contribution in [0.1, 0.15) is 26.2 Å². The van der Waals surface area contributed by atoms with E-state index in [1.807, 2.05) is 7.05 Å². The monoisotopic (exact) mass is 215 g/mol. The first kappa shape index (κ1) is 12.5. The number of carbonyl (C=O) groups excluding carboxylic acids is 1. The summed E-state index contributed by atoms with van der Waals surface area (Å²) in [5.74, 6) is 0. The quantitative estimate of drug-likeness (QED) is 0.722. The van der Waals surface area contributed by atoms with Crippen molar-refractivity contribution in [1.82, 2.24) is 5.32 Å². The maximum absolute atomic E-state index is 11.9. The molecule has 1 amide bonds. The molecule has 1 saturated heterocycles. The average molecular weight is 215 g/mol. The maximum atomic E-state index is 11.9. The topological polar surface area (TPSA) is 38.3 Å². The molecular weight excluding hydrogens is 192 g/mol. The van der Waals surface area contributed by atoms with Gasteiger partial charge in [-0.1, -0.05) is 6.92 Å². The molecule has 0 bridgehead atoms. The Morgan fingerprint density at radius 3 is 2.53 bits per heavy atom. The van der Waals surface area contributed by atoms with Crippen LogP contribution in [0.3, 0.4) is 0 Å². The second-order valence-electron chi connectivity index (χ2n) is 4.44. The van der Waals surface area contributed by atoms with E-state index in [9.17, 15) is 4.79 Å². The van der Waals surface area contributed by atoms with E-state index in [0.29, 0.717) is 10.5 Å². The van der Waals surface area contributed by atoms with Crippen molar-refractivity contribution in [1.29, 1.82) is 0 Å². The van der Waals surface area contributed by atoms with Crippen LogP contribution in [0.25, 0.3) is 0 Å². The van der Waals surface area contributed by atoms with Crippen molar-refractivity contribution in [2.24, 2.45) is 0 Å². The lowest BCUT2D eigenvalue weighted by Gasteiger charge is -2.39. The molecule has 0 radical (unpaired) electrons. The number of nitrogens with one attached hydrogen (secondary N) is 1. The highest BCUT2D eigenvalue weighted by atomic mass is 16.5. The summed E-state index contributed by atoms with van der Waals surface area (Å²) in [6, 6.07) is 0.415. The van der Waals surface area contributed by atoms with Gasteiger partial charge in [-0.3, -0.25) is 0 Å². The highest BCUT2D eigenvalue weighted by Crippen LogP contribution is 2.21. The van der Waals surface area contributed by atoms with Crippen LogP contribution in [0.2, 0.25) is 0 Å². The number of ether oxygens (including phenoxy) is 1. The Labute approximate surface area is 92.2 Å². The molecule has 1 N–H and O–H groups in total. The van der Waals surface area contributed by atoms with E-state index in [0.717, 1.165) is 38.9 Å². The Kier molecular flexibility index (Phi) is 4.54. The maximum Gasteiger partial charge on any atom is 0.515 e. The van der Waals surface area contributed by atoms with E-state index in [2.05, 4.69) is 12.2 Å². The van der Waals surface area contributed by atoms with Crippen LogP contribution in [0.15, 0.2) is 0 Å². The van der Waals surface area contributed by atoms with E-state index in [-0.39, 0.29) is 6.09 Å². The Balaban J connectivity index is 2.73. The van der Waals surface area contributed by atoms with Gasteiger partial charge in [0.15, 0.2) is 0 Å². The highest BCUT2D eigenvalue weighted by molar-refractivity contribution is 5.59. The van der Waals surface area contributed by atoms with Crippen LogP contribution in [-0.4, -0.2) is 50.4 Å². The SMILES string of the molecule is CCC[N+](C)(C(=O)OC)C1CCNCC1. The summed E-state index contributed by atoms with van der Waals surface area (Å²) in [6.07, 6.45) is 3.04. The molecule has 0 saturated carbocycles. The first-order valence-electron chi connectivity index (χ1n) is 5.79. The van der Waals surface area contributed by atoms with Gasteiger partial charge in [-0.2, -0.15) is 4.79 Å². The molecule has 0 aromatic carbocycles. The molecule has 1 aliphatic heterocycles. The van der Waals surface area contributed by atoms with Gasteiger partial charge in [0, 0.05) is 25.9 Å². The van der Waals surface area contributed by atoms with Gasteiger partial charge in [0.2, 0.25) is 0 Å². The summed E-state index contributed by atoms with van der Waals surface area (Å²) in [5.41, 5.74) is 0. The fourth-order valence-corrected chi connectivity index (χ4v) is 2.47. The van der Waals surface area contributed by atoms with Crippen LogP contribution < -0.4 is 5.32 Å². The number of nitrogens with zero attached hydrogens (tertiary/aromatic N) is 1. The molecule has 1 aliphatic rings. The lowest BCUT2D eigenvalue weighted by Crippen LogP contribution is -2.59. The van der Waals surface area contributed by atoms with E-state index in [4.69, 9.17) is 4.74 Å². The zero-order chi connectivity index (χ0) is 11.3. The molecule has 1 rings (SSSR count). The zero-order valence-corrected chi connectivity index (χ0v) is 10.1. The second kappa shape index (κ2) is 5.47. The Morgan fingerprint density at radius 2 is 2.07 bits per heavy atom. The van der Waals surface area contributed by atoms with E-state index < -0.39 is 0 Å². The molecule has 0 aliphatic carbocycles. The molecule has 0 aromatic rings. The average Bonchev–Trinajstić information content (AvgIpc) is 2.29. The van der Waals surface area contributed by atoms with Gasteiger partial charge >= 0.3 is 6.09 Å². The van der Waals surface area contributed by atoms with E-state index in [1.54, 1.807) is 0 Å². The standard InChI is InChI=1S/C11H23N2O2/c1-4-9-13(2,11(14)15-3)10-5-7-12-8-6-10/h10,12H,4-9H2,1-3H3/q+1. The second-order valence-corrected chi connectivity index (χ2v) is 4.44. The number of carbonyl (C=O) groups is 1. The normalized spacial score (nSPS) is 22.1. The highest BCUT2D eigenvalue weighted by Gasteiger charge is 2.41. The minimum atomic E-state index is -0.0937. The van der Waals surface area contributed by atoms with Crippen molar-refractivity contribution in [3.8, 4) is 0 Å². The molecule has 1 unspecified atom stereocenters. The van der Waals surface area contributed by atoms with Crippen LogP contribution in [0.4, 0.5) is 4.79 Å². The third-order valence-corrected chi connectivity index (χ3v) is 3.39. The molecule has 1 heterocycles. The molecule has 4 nitrogen and oxygen atoms in total. The summed E-state index contributed by atoms with van der Waals surface area (Å²) in [7, 11) is 3.49. The van der Waals surface area contributed by atoms with Crippen LogP contribution in [0.5, 0.6) is 0 Å². The predicted molar refractivity (Wildman–Crippen MR) is 59.6 cm³/mol. The largest absolute Gasteiger partial charge is 0.515 e. The Hall–Kier alpha value is -0.610. The third-order valence-electron chi connectivity index (χ3n) is 3.39. The minimum Gasteiger partial charge on any atom is -0.423 e. The van der Waals surface area contributed by atoms with Gasteiger partial charge in [0.25, 0.3) is 0 Å². The van der Waals surface area contributed by atoms with Crippen LogP contribution in [-0.2, 0) is 4.74 Å². The number of hydrogen-bond acceptors (Lipinski definition) is 3. The van der Waals surface area contributed by atoms with Crippen LogP contribution >= 0.6 is 0 Å². The van der Waals surface area contributed by atoms with Crippen molar-refractivity contribution in [2.45, 2.75) is 32.2 Å². The van der Waals surface area contributed by atoms with Crippen molar-refractivity contribution in [3.63, 3.8) is 0 Å². The van der Waals surface area contributed by atoms with Crippen LogP contribution in [0, 0.1) is 0 Å². The van der Waals surface area contributed by atoms with Gasteiger partial charge in [-0.05, 0) is 6.42 Å². The molecule has 1 fully saturated rings. The number of amides is 1. The summed E-state index contributed by atoms with van der Waals surface area (Å²) in [5, 5.41) is 3.32. The van der Waals surface area contributed by atoms with Crippen molar-refractivity contribution < 1.29 is 14.0 Å². The molecular formula is C11H23N2O2+. The summed E-state index contributed by atoms with van der Waals surface area (Å²) < 4.78 is 5.37. The third kappa shape index (κ3) is 2.69. The Bertz CT molecular complexity index is 215. The van der Waals surface area contributed by atoms with Crippen molar-refractivity contribution in [2.75, 3.05) is 33.8 Å². The van der Waals surface area contributed by atoms with Gasteiger partial charge in [0.05, 0.1) is 20.7 Å². The van der Waals surface area contributed by atoms with Gasteiger partial charge in [-0.15, -0.1) is 0 Å². The van der Waals surface area contributed by atoms with Crippen molar-refractivity contribution >= 4 is 6.09 Å². The Morgan fingerprint density at radius 1 is 1.47 bits per heavy atom. The lowest BCUT2D eigenvalue weighted by molar-refractivity contribution is -0.864. The first-order valence-corrected chi connectivity index (χ1v) is 5.79. The summed E-state index contributed by atoms with van der Waals surface area (Å²) >= 11 is 0. The number of piperidine rings is 1. The minimum absolute atomic E-state index is 0.0937. The fourth-order valence-electron chi connectivity index (χ4n) is 2.47. The smallest absolute Gasteiger partial charge is 0.423 e. The lowest BCUT2D eigenvalue weighted by atomic mass is 10.0. The first-order chi connectivity index (χ1) is 7.15. The molecule has 88 valence electrons. The zero-order valence-electron chi connectivity index (χ0n) is 10.1. The van der Waals surface area contributed by atoms with Gasteiger partial charge < -0.3 is 10.1 Å². The number of rotatable bonds is 3.